The number of pyridine rings is 1. The monoisotopic (exact) mass is 305 g/mol. The lowest BCUT2D eigenvalue weighted by atomic mass is 10.1. The topological polar surface area (TPSA) is 28.2 Å². The van der Waals surface area contributed by atoms with Gasteiger partial charge in [-0.2, -0.15) is 0 Å². The third kappa shape index (κ3) is 2.82. The molecule has 0 aliphatic carbocycles. The molecule has 18 heavy (non-hydrogen) atoms. The predicted octanol–water partition coefficient (Wildman–Crippen LogP) is 3.96. The summed E-state index contributed by atoms with van der Waals surface area (Å²) < 4.78 is 0.956. The Bertz CT molecular complexity index is 552. The molecule has 4 heteroatoms. The molecule has 3 nitrogen and oxygen atoms in total. The average Bonchev–Trinajstić information content (AvgIpc) is 2.34. The second-order valence-corrected chi connectivity index (χ2v) is 5.21. The van der Waals surface area contributed by atoms with Gasteiger partial charge in [0.05, 0.1) is 4.47 Å². The molecule has 2 rings (SSSR count). The molecule has 1 heterocycles. The molecule has 0 radical (unpaired) electrons. The number of hydrogen-bond acceptors (Lipinski definition) is 3. The summed E-state index contributed by atoms with van der Waals surface area (Å²) >= 11 is 3.48. The molecule has 0 aliphatic rings. The van der Waals surface area contributed by atoms with Crippen LogP contribution in [-0.2, 0) is 0 Å². The summed E-state index contributed by atoms with van der Waals surface area (Å²) in [6.45, 7) is 2.11. The highest BCUT2D eigenvalue weighted by Gasteiger charge is 2.04. The van der Waals surface area contributed by atoms with Crippen LogP contribution in [-0.4, -0.2) is 19.1 Å². The molecule has 0 unspecified atom stereocenters. The molecule has 0 aliphatic heterocycles. The van der Waals surface area contributed by atoms with Gasteiger partial charge in [-0.15, -0.1) is 0 Å². The summed E-state index contributed by atoms with van der Waals surface area (Å²) in [6, 6.07) is 10.2. The van der Waals surface area contributed by atoms with Crippen molar-refractivity contribution in [3.8, 4) is 0 Å². The van der Waals surface area contributed by atoms with Gasteiger partial charge in [-0.25, -0.2) is 4.98 Å². The van der Waals surface area contributed by atoms with Crippen LogP contribution in [0.4, 0.5) is 17.2 Å². The van der Waals surface area contributed by atoms with E-state index < -0.39 is 0 Å². The van der Waals surface area contributed by atoms with Gasteiger partial charge in [0.2, 0.25) is 0 Å². The van der Waals surface area contributed by atoms with E-state index in [1.165, 1.54) is 11.3 Å². The maximum Gasteiger partial charge on any atom is 0.144 e. The Balaban J connectivity index is 2.30. The number of nitrogens with zero attached hydrogens (tertiary/aromatic N) is 2. The standard InChI is InChI=1S/C14H16BrN3/c1-10-6-7-11(9-13(10)18(2)3)17-14-12(15)5-4-8-16-14/h4-9H,1-3H3,(H,16,17). The van der Waals surface area contributed by atoms with Crippen LogP contribution in [0.2, 0.25) is 0 Å². The number of nitrogens with one attached hydrogen (secondary N) is 1. The summed E-state index contributed by atoms with van der Waals surface area (Å²) in [5.41, 5.74) is 3.49. The van der Waals surface area contributed by atoms with Crippen LogP contribution in [0.5, 0.6) is 0 Å². The van der Waals surface area contributed by atoms with E-state index in [9.17, 15) is 0 Å². The Kier molecular flexibility index (Phi) is 3.87. The average molecular weight is 306 g/mol. The Labute approximate surface area is 116 Å². The zero-order chi connectivity index (χ0) is 13.1. The van der Waals surface area contributed by atoms with Crippen LogP contribution in [0.3, 0.4) is 0 Å². The number of halogens is 1. The Morgan fingerprint density at radius 3 is 2.67 bits per heavy atom. The zero-order valence-corrected chi connectivity index (χ0v) is 12.3. The quantitative estimate of drug-likeness (QED) is 0.930. The van der Waals surface area contributed by atoms with Gasteiger partial charge in [0, 0.05) is 31.7 Å². The molecule has 94 valence electrons. The van der Waals surface area contributed by atoms with E-state index >= 15 is 0 Å². The summed E-state index contributed by atoms with van der Waals surface area (Å²) in [5.74, 6) is 0.825. The smallest absolute Gasteiger partial charge is 0.144 e. The molecule has 0 spiro atoms. The van der Waals surface area contributed by atoms with E-state index in [2.05, 4.69) is 56.3 Å². The molecule has 0 amide bonds. The Morgan fingerprint density at radius 2 is 2.00 bits per heavy atom. The molecule has 0 saturated carbocycles. The number of rotatable bonds is 3. The molecule has 0 atom stereocenters. The highest BCUT2D eigenvalue weighted by molar-refractivity contribution is 9.10. The lowest BCUT2D eigenvalue weighted by molar-refractivity contribution is 1.11. The number of hydrogen-bond donors (Lipinski definition) is 1. The fraction of sp³-hybridized carbons (Fsp3) is 0.214. The van der Waals surface area contributed by atoms with Crippen molar-refractivity contribution >= 4 is 33.1 Å². The van der Waals surface area contributed by atoms with Gasteiger partial charge in [-0.1, -0.05) is 6.07 Å². The van der Waals surface area contributed by atoms with Crippen LogP contribution < -0.4 is 10.2 Å². The summed E-state index contributed by atoms with van der Waals surface area (Å²) in [6.07, 6.45) is 1.77. The van der Waals surface area contributed by atoms with Crippen molar-refractivity contribution in [3.05, 3.63) is 46.6 Å². The minimum Gasteiger partial charge on any atom is -0.377 e. The van der Waals surface area contributed by atoms with Crippen molar-refractivity contribution in [1.29, 1.82) is 0 Å². The summed E-state index contributed by atoms with van der Waals surface area (Å²) in [4.78, 5) is 6.40. The predicted molar refractivity (Wildman–Crippen MR) is 80.7 cm³/mol. The molecule has 0 saturated heterocycles. The fourth-order valence-corrected chi connectivity index (χ4v) is 2.14. The lowest BCUT2D eigenvalue weighted by Crippen LogP contribution is -2.10. The van der Waals surface area contributed by atoms with Crippen LogP contribution in [0.25, 0.3) is 0 Å². The van der Waals surface area contributed by atoms with E-state index in [0.717, 1.165) is 16.0 Å². The van der Waals surface area contributed by atoms with Crippen LogP contribution in [0.1, 0.15) is 5.56 Å². The lowest BCUT2D eigenvalue weighted by Gasteiger charge is -2.17. The largest absolute Gasteiger partial charge is 0.377 e. The van der Waals surface area contributed by atoms with Gasteiger partial charge in [0.1, 0.15) is 5.82 Å². The first kappa shape index (κ1) is 12.9. The van der Waals surface area contributed by atoms with E-state index in [-0.39, 0.29) is 0 Å². The van der Waals surface area contributed by atoms with Crippen molar-refractivity contribution < 1.29 is 0 Å². The zero-order valence-electron chi connectivity index (χ0n) is 10.7. The fourth-order valence-electron chi connectivity index (χ4n) is 1.78. The minimum atomic E-state index is 0.825. The van der Waals surface area contributed by atoms with Gasteiger partial charge in [0.15, 0.2) is 0 Å². The van der Waals surface area contributed by atoms with Gasteiger partial charge < -0.3 is 10.2 Å². The van der Waals surface area contributed by atoms with Crippen molar-refractivity contribution in [2.75, 3.05) is 24.3 Å². The maximum atomic E-state index is 4.30. The Morgan fingerprint density at radius 1 is 1.22 bits per heavy atom. The summed E-state index contributed by atoms with van der Waals surface area (Å²) in [5, 5.41) is 3.31. The van der Waals surface area contributed by atoms with E-state index in [1.807, 2.05) is 26.2 Å². The van der Waals surface area contributed by atoms with E-state index in [0.29, 0.717) is 0 Å². The van der Waals surface area contributed by atoms with Gasteiger partial charge in [-0.05, 0) is 52.7 Å². The van der Waals surface area contributed by atoms with Crippen molar-refractivity contribution in [3.63, 3.8) is 0 Å². The van der Waals surface area contributed by atoms with Crippen LogP contribution in [0.15, 0.2) is 41.0 Å². The first-order valence-electron chi connectivity index (χ1n) is 5.73. The maximum absolute atomic E-state index is 4.30. The van der Waals surface area contributed by atoms with Crippen molar-refractivity contribution in [1.82, 2.24) is 4.98 Å². The first-order valence-corrected chi connectivity index (χ1v) is 6.53. The third-order valence-electron chi connectivity index (χ3n) is 2.71. The minimum absolute atomic E-state index is 0.825. The van der Waals surface area contributed by atoms with Gasteiger partial charge in [-0.3, -0.25) is 0 Å². The number of anilines is 3. The molecule has 2 aromatic rings. The highest BCUT2D eigenvalue weighted by Crippen LogP contribution is 2.27. The number of aryl methyl sites for hydroxylation is 1. The normalized spacial score (nSPS) is 10.2. The molecular weight excluding hydrogens is 290 g/mol. The molecular formula is C14H16BrN3. The second-order valence-electron chi connectivity index (χ2n) is 4.35. The van der Waals surface area contributed by atoms with Crippen molar-refractivity contribution in [2.24, 2.45) is 0 Å². The molecule has 1 aromatic carbocycles. The summed E-state index contributed by atoms with van der Waals surface area (Å²) in [7, 11) is 4.09. The SMILES string of the molecule is Cc1ccc(Nc2ncccc2Br)cc1N(C)C. The molecule has 1 N–H and O–H groups in total. The van der Waals surface area contributed by atoms with Crippen LogP contribution in [0, 0.1) is 6.92 Å². The van der Waals surface area contributed by atoms with Gasteiger partial charge >= 0.3 is 0 Å². The number of benzene rings is 1. The highest BCUT2D eigenvalue weighted by atomic mass is 79.9. The second kappa shape index (κ2) is 5.40. The van der Waals surface area contributed by atoms with Gasteiger partial charge in [0.25, 0.3) is 0 Å². The van der Waals surface area contributed by atoms with Crippen molar-refractivity contribution in [2.45, 2.75) is 6.92 Å². The molecule has 1 aromatic heterocycles. The molecule has 0 bridgehead atoms. The first-order chi connectivity index (χ1) is 8.58. The van der Waals surface area contributed by atoms with E-state index in [1.54, 1.807) is 6.20 Å². The van der Waals surface area contributed by atoms with E-state index in [4.69, 9.17) is 0 Å². The van der Waals surface area contributed by atoms with Crippen LogP contribution >= 0.6 is 15.9 Å². The molecule has 0 fully saturated rings. The number of aromatic nitrogens is 1. The Hall–Kier alpha value is -1.55. The third-order valence-corrected chi connectivity index (χ3v) is 3.35.